The molecule has 0 atom stereocenters. The van der Waals surface area contributed by atoms with Gasteiger partial charge in [-0.15, -0.1) is 11.6 Å². The summed E-state index contributed by atoms with van der Waals surface area (Å²) in [6.07, 6.45) is 3.15. The monoisotopic (exact) mass is 214 g/mol. The minimum atomic E-state index is -0.224. The van der Waals surface area contributed by atoms with E-state index in [1.54, 1.807) is 6.92 Å². The molecule has 1 aromatic heterocycles. The SMILES string of the molecule is Cc1ncoc1C(=O)NC1(CCl)CC1. The van der Waals surface area contributed by atoms with E-state index in [2.05, 4.69) is 10.3 Å². The first-order chi connectivity index (χ1) is 6.67. The lowest BCUT2D eigenvalue weighted by Gasteiger charge is -2.12. The molecule has 0 saturated heterocycles. The van der Waals surface area contributed by atoms with Crippen LogP contribution in [-0.4, -0.2) is 22.3 Å². The van der Waals surface area contributed by atoms with Crippen LogP contribution in [0.5, 0.6) is 0 Å². The Labute approximate surface area is 86.6 Å². The number of amides is 1. The molecule has 1 aliphatic rings. The molecule has 1 N–H and O–H groups in total. The molecular formula is C9H11ClN2O2. The summed E-state index contributed by atoms with van der Waals surface area (Å²) in [6.45, 7) is 1.73. The van der Waals surface area contributed by atoms with Crippen molar-refractivity contribution in [3.8, 4) is 0 Å². The van der Waals surface area contributed by atoms with Crippen LogP contribution in [0.15, 0.2) is 10.8 Å². The normalized spacial score (nSPS) is 17.9. The minimum absolute atomic E-state index is 0.197. The zero-order chi connectivity index (χ0) is 10.2. The van der Waals surface area contributed by atoms with Crippen molar-refractivity contribution in [2.24, 2.45) is 0 Å². The lowest BCUT2D eigenvalue weighted by Crippen LogP contribution is -2.38. The van der Waals surface area contributed by atoms with E-state index >= 15 is 0 Å². The Balaban J connectivity index is 2.07. The van der Waals surface area contributed by atoms with Crippen LogP contribution in [0.2, 0.25) is 0 Å². The van der Waals surface area contributed by atoms with Gasteiger partial charge in [-0.1, -0.05) is 0 Å². The third-order valence-electron chi connectivity index (χ3n) is 2.44. The van der Waals surface area contributed by atoms with E-state index in [0.717, 1.165) is 12.8 Å². The maximum Gasteiger partial charge on any atom is 0.289 e. The van der Waals surface area contributed by atoms with E-state index in [1.165, 1.54) is 6.39 Å². The Hall–Kier alpha value is -1.03. The molecule has 0 spiro atoms. The number of carbonyl (C=O) groups is 1. The summed E-state index contributed by atoms with van der Waals surface area (Å²) < 4.78 is 4.98. The van der Waals surface area contributed by atoms with Gasteiger partial charge in [-0.25, -0.2) is 4.98 Å². The summed E-state index contributed by atoms with van der Waals surface area (Å²) in [5.74, 6) is 0.505. The van der Waals surface area contributed by atoms with Gasteiger partial charge in [-0.05, 0) is 19.8 Å². The van der Waals surface area contributed by atoms with Crippen molar-refractivity contribution in [3.05, 3.63) is 17.8 Å². The number of halogens is 1. The molecule has 0 unspecified atom stereocenters. The average molecular weight is 215 g/mol. The number of nitrogens with one attached hydrogen (secondary N) is 1. The first-order valence-corrected chi connectivity index (χ1v) is 4.99. The van der Waals surface area contributed by atoms with Crippen molar-refractivity contribution in [3.63, 3.8) is 0 Å². The predicted octanol–water partition coefficient (Wildman–Crippen LogP) is 1.48. The van der Waals surface area contributed by atoms with Crippen LogP contribution in [0.1, 0.15) is 29.1 Å². The first-order valence-electron chi connectivity index (χ1n) is 4.45. The molecule has 0 radical (unpaired) electrons. The largest absolute Gasteiger partial charge is 0.438 e. The van der Waals surface area contributed by atoms with Crippen molar-refractivity contribution in [1.82, 2.24) is 10.3 Å². The van der Waals surface area contributed by atoms with Gasteiger partial charge in [0.15, 0.2) is 6.39 Å². The van der Waals surface area contributed by atoms with Crippen LogP contribution in [-0.2, 0) is 0 Å². The highest BCUT2D eigenvalue weighted by atomic mass is 35.5. The fourth-order valence-electron chi connectivity index (χ4n) is 1.26. The van der Waals surface area contributed by atoms with Crippen LogP contribution in [0.25, 0.3) is 0 Å². The fourth-order valence-corrected chi connectivity index (χ4v) is 1.59. The van der Waals surface area contributed by atoms with Crippen LogP contribution < -0.4 is 5.32 Å². The van der Waals surface area contributed by atoms with E-state index < -0.39 is 0 Å². The highest BCUT2D eigenvalue weighted by Crippen LogP contribution is 2.36. The van der Waals surface area contributed by atoms with Gasteiger partial charge in [0, 0.05) is 5.88 Å². The number of alkyl halides is 1. The van der Waals surface area contributed by atoms with Gasteiger partial charge >= 0.3 is 0 Å². The molecule has 14 heavy (non-hydrogen) atoms. The molecular weight excluding hydrogens is 204 g/mol. The molecule has 1 heterocycles. The van der Waals surface area contributed by atoms with Crippen molar-refractivity contribution in [1.29, 1.82) is 0 Å². The quantitative estimate of drug-likeness (QED) is 0.776. The summed E-state index contributed by atoms with van der Waals surface area (Å²) in [7, 11) is 0. The highest BCUT2D eigenvalue weighted by molar-refractivity contribution is 6.19. The zero-order valence-electron chi connectivity index (χ0n) is 7.84. The molecule has 4 nitrogen and oxygen atoms in total. The van der Waals surface area contributed by atoms with E-state index in [1.807, 2.05) is 0 Å². The number of aromatic nitrogens is 1. The number of nitrogens with zero attached hydrogens (tertiary/aromatic N) is 1. The second-order valence-electron chi connectivity index (χ2n) is 3.63. The Bertz CT molecular complexity index is 357. The van der Waals surface area contributed by atoms with Gasteiger partial charge in [0.25, 0.3) is 5.91 Å². The molecule has 1 fully saturated rings. The first kappa shape index (κ1) is 9.52. The maximum atomic E-state index is 11.6. The van der Waals surface area contributed by atoms with E-state index in [9.17, 15) is 4.79 Å². The second-order valence-corrected chi connectivity index (χ2v) is 3.90. The number of rotatable bonds is 3. The third-order valence-corrected chi connectivity index (χ3v) is 2.95. The number of carbonyl (C=O) groups excluding carboxylic acids is 1. The molecule has 1 aliphatic carbocycles. The van der Waals surface area contributed by atoms with Gasteiger partial charge in [-0.2, -0.15) is 0 Å². The van der Waals surface area contributed by atoms with E-state index in [-0.39, 0.29) is 17.2 Å². The molecule has 2 rings (SSSR count). The van der Waals surface area contributed by atoms with Gasteiger partial charge in [-0.3, -0.25) is 4.79 Å². The Kier molecular flexibility index (Phi) is 2.23. The van der Waals surface area contributed by atoms with E-state index in [0.29, 0.717) is 11.6 Å². The fraction of sp³-hybridized carbons (Fsp3) is 0.556. The van der Waals surface area contributed by atoms with Gasteiger partial charge in [0.1, 0.15) is 0 Å². The summed E-state index contributed by atoms with van der Waals surface area (Å²) >= 11 is 5.74. The average Bonchev–Trinajstić information content (AvgIpc) is 2.80. The lowest BCUT2D eigenvalue weighted by molar-refractivity contribution is 0.0907. The summed E-state index contributed by atoms with van der Waals surface area (Å²) in [5.41, 5.74) is 0.408. The predicted molar refractivity (Wildman–Crippen MR) is 51.4 cm³/mol. The molecule has 1 aromatic rings. The maximum absolute atomic E-state index is 11.6. The topological polar surface area (TPSA) is 55.1 Å². The summed E-state index contributed by atoms with van der Waals surface area (Å²) in [5, 5.41) is 2.86. The van der Waals surface area contributed by atoms with Crippen molar-refractivity contribution in [2.45, 2.75) is 25.3 Å². The smallest absolute Gasteiger partial charge is 0.289 e. The van der Waals surface area contributed by atoms with Crippen LogP contribution in [0.3, 0.4) is 0 Å². The Morgan fingerprint density at radius 3 is 2.93 bits per heavy atom. The van der Waals surface area contributed by atoms with Crippen LogP contribution in [0, 0.1) is 6.92 Å². The third kappa shape index (κ3) is 1.62. The van der Waals surface area contributed by atoms with Crippen molar-refractivity contribution in [2.75, 3.05) is 5.88 Å². The van der Waals surface area contributed by atoms with Crippen molar-refractivity contribution >= 4 is 17.5 Å². The molecule has 0 aliphatic heterocycles. The lowest BCUT2D eigenvalue weighted by atomic mass is 10.3. The van der Waals surface area contributed by atoms with Gasteiger partial charge in [0.2, 0.25) is 5.76 Å². The number of aryl methyl sites for hydroxylation is 1. The summed E-state index contributed by atoms with van der Waals surface area (Å²) in [6, 6.07) is 0. The molecule has 5 heteroatoms. The number of hydrogen-bond donors (Lipinski definition) is 1. The number of oxazole rings is 1. The van der Waals surface area contributed by atoms with E-state index in [4.69, 9.17) is 16.0 Å². The van der Waals surface area contributed by atoms with Crippen LogP contribution >= 0.6 is 11.6 Å². The number of hydrogen-bond acceptors (Lipinski definition) is 3. The Morgan fingerprint density at radius 1 is 1.79 bits per heavy atom. The summed E-state index contributed by atoms with van der Waals surface area (Å²) in [4.78, 5) is 15.5. The van der Waals surface area contributed by atoms with Crippen LogP contribution in [0.4, 0.5) is 0 Å². The molecule has 0 bridgehead atoms. The molecule has 76 valence electrons. The minimum Gasteiger partial charge on any atom is -0.438 e. The molecule has 0 aromatic carbocycles. The second kappa shape index (κ2) is 3.28. The molecule has 1 amide bonds. The van der Waals surface area contributed by atoms with Gasteiger partial charge < -0.3 is 9.73 Å². The van der Waals surface area contributed by atoms with Crippen molar-refractivity contribution < 1.29 is 9.21 Å². The highest BCUT2D eigenvalue weighted by Gasteiger charge is 2.43. The zero-order valence-corrected chi connectivity index (χ0v) is 8.60. The Morgan fingerprint density at radius 2 is 2.50 bits per heavy atom. The standard InChI is InChI=1S/C9H11ClN2O2/c1-6-7(14-5-11-6)8(13)12-9(4-10)2-3-9/h5H,2-4H2,1H3,(H,12,13). The molecule has 1 saturated carbocycles. The van der Waals surface area contributed by atoms with Gasteiger partial charge in [0.05, 0.1) is 11.2 Å².